The Bertz CT molecular complexity index is 209. The number of ether oxygens (including phenoxy) is 1. The first kappa shape index (κ1) is 13.9. The number of rotatable bonds is 6. The molecule has 0 unspecified atom stereocenters. The molecular formula is C11H19IO2. The van der Waals surface area contributed by atoms with Crippen molar-refractivity contribution in [2.45, 2.75) is 46.5 Å². The minimum Gasteiger partial charge on any atom is -0.463 e. The number of halogens is 1. The van der Waals surface area contributed by atoms with E-state index in [2.05, 4.69) is 36.4 Å². The highest BCUT2D eigenvalue weighted by molar-refractivity contribution is 14.1. The van der Waals surface area contributed by atoms with Gasteiger partial charge in [-0.3, -0.25) is 0 Å². The van der Waals surface area contributed by atoms with Crippen molar-refractivity contribution in [3.63, 3.8) is 0 Å². The minimum atomic E-state index is -0.132. The Morgan fingerprint density at radius 2 is 1.71 bits per heavy atom. The first-order valence-electron chi connectivity index (χ1n) is 5.21. The van der Waals surface area contributed by atoms with Gasteiger partial charge in [0.15, 0.2) is 0 Å². The molecule has 0 aliphatic carbocycles. The first-order chi connectivity index (χ1) is 6.67. The number of hydrogen-bond acceptors (Lipinski definition) is 2. The standard InChI is InChI=1S/C11H19IO2/c1-4-7-9(10(12)8-5-2)11(13)14-6-3/h4-8H2,1-3H3/b10-9-. The zero-order chi connectivity index (χ0) is 11.0. The minimum absolute atomic E-state index is 0.132. The van der Waals surface area contributed by atoms with Crippen LogP contribution in [-0.2, 0) is 9.53 Å². The number of carbonyl (C=O) groups excluding carboxylic acids is 1. The molecule has 0 aliphatic heterocycles. The van der Waals surface area contributed by atoms with E-state index >= 15 is 0 Å². The number of allylic oxidation sites excluding steroid dienone is 1. The average Bonchev–Trinajstić information content (AvgIpc) is 2.14. The van der Waals surface area contributed by atoms with Crippen LogP contribution in [0.5, 0.6) is 0 Å². The molecule has 2 nitrogen and oxygen atoms in total. The van der Waals surface area contributed by atoms with Crippen LogP contribution in [0.15, 0.2) is 9.15 Å². The van der Waals surface area contributed by atoms with E-state index in [4.69, 9.17) is 4.74 Å². The summed E-state index contributed by atoms with van der Waals surface area (Å²) in [5.74, 6) is -0.132. The van der Waals surface area contributed by atoms with E-state index in [-0.39, 0.29) is 5.97 Å². The highest BCUT2D eigenvalue weighted by Gasteiger charge is 2.13. The van der Waals surface area contributed by atoms with Crippen molar-refractivity contribution in [2.75, 3.05) is 6.61 Å². The fraction of sp³-hybridized carbons (Fsp3) is 0.727. The van der Waals surface area contributed by atoms with Crippen LogP contribution in [0.1, 0.15) is 46.5 Å². The van der Waals surface area contributed by atoms with Gasteiger partial charge < -0.3 is 4.74 Å². The summed E-state index contributed by atoms with van der Waals surface area (Å²) >= 11 is 2.26. The molecule has 0 aromatic rings. The molecule has 14 heavy (non-hydrogen) atoms. The summed E-state index contributed by atoms with van der Waals surface area (Å²) in [6.07, 6.45) is 3.88. The molecule has 0 aliphatic rings. The summed E-state index contributed by atoms with van der Waals surface area (Å²) < 4.78 is 6.18. The van der Waals surface area contributed by atoms with E-state index in [0.717, 1.165) is 34.8 Å². The molecule has 0 atom stereocenters. The third-order valence-electron chi connectivity index (χ3n) is 1.82. The van der Waals surface area contributed by atoms with E-state index in [1.54, 1.807) is 0 Å². The lowest BCUT2D eigenvalue weighted by atomic mass is 10.1. The van der Waals surface area contributed by atoms with Crippen molar-refractivity contribution < 1.29 is 9.53 Å². The molecule has 0 spiro atoms. The van der Waals surface area contributed by atoms with Crippen molar-refractivity contribution in [3.05, 3.63) is 9.15 Å². The van der Waals surface area contributed by atoms with E-state index < -0.39 is 0 Å². The topological polar surface area (TPSA) is 26.3 Å². The molecule has 0 aromatic carbocycles. The average molecular weight is 310 g/mol. The summed E-state index contributed by atoms with van der Waals surface area (Å²) in [5, 5.41) is 0. The van der Waals surface area contributed by atoms with Gasteiger partial charge in [-0.1, -0.05) is 26.7 Å². The van der Waals surface area contributed by atoms with Gasteiger partial charge in [0.2, 0.25) is 0 Å². The van der Waals surface area contributed by atoms with Gasteiger partial charge in [-0.25, -0.2) is 4.79 Å². The molecule has 3 heteroatoms. The fourth-order valence-electron chi connectivity index (χ4n) is 1.19. The van der Waals surface area contributed by atoms with Crippen molar-refractivity contribution in [2.24, 2.45) is 0 Å². The first-order valence-corrected chi connectivity index (χ1v) is 6.29. The van der Waals surface area contributed by atoms with Crippen LogP contribution >= 0.6 is 22.6 Å². The van der Waals surface area contributed by atoms with E-state index in [0.29, 0.717) is 6.61 Å². The highest BCUT2D eigenvalue weighted by atomic mass is 127. The molecule has 0 radical (unpaired) electrons. The van der Waals surface area contributed by atoms with Gasteiger partial charge in [-0.2, -0.15) is 0 Å². The van der Waals surface area contributed by atoms with Gasteiger partial charge in [0, 0.05) is 9.15 Å². The quantitative estimate of drug-likeness (QED) is 0.423. The molecule has 0 heterocycles. The van der Waals surface area contributed by atoms with Crippen molar-refractivity contribution in [1.29, 1.82) is 0 Å². The Kier molecular flexibility index (Phi) is 8.23. The molecule has 0 rings (SSSR count). The third kappa shape index (κ3) is 4.98. The molecule has 0 N–H and O–H groups in total. The molecule has 0 saturated heterocycles. The molecule has 0 aromatic heterocycles. The highest BCUT2D eigenvalue weighted by Crippen LogP contribution is 2.23. The van der Waals surface area contributed by atoms with Crippen LogP contribution < -0.4 is 0 Å². The summed E-state index contributed by atoms with van der Waals surface area (Å²) in [6, 6.07) is 0. The second-order valence-electron chi connectivity index (χ2n) is 3.10. The smallest absolute Gasteiger partial charge is 0.334 e. The van der Waals surface area contributed by atoms with Crippen LogP contribution in [0.4, 0.5) is 0 Å². The predicted octanol–water partition coefficient (Wildman–Crippen LogP) is 3.84. The van der Waals surface area contributed by atoms with Gasteiger partial charge in [0.25, 0.3) is 0 Å². The van der Waals surface area contributed by atoms with Crippen molar-refractivity contribution >= 4 is 28.6 Å². The number of hydrogen-bond donors (Lipinski definition) is 0. The largest absolute Gasteiger partial charge is 0.463 e. The van der Waals surface area contributed by atoms with Crippen LogP contribution in [0, 0.1) is 0 Å². The Morgan fingerprint density at radius 1 is 1.14 bits per heavy atom. The van der Waals surface area contributed by atoms with Gasteiger partial charge in [-0.05, 0) is 42.4 Å². The second-order valence-corrected chi connectivity index (χ2v) is 4.41. The van der Waals surface area contributed by atoms with Crippen LogP contribution in [0.3, 0.4) is 0 Å². The van der Waals surface area contributed by atoms with Crippen LogP contribution in [-0.4, -0.2) is 12.6 Å². The summed E-state index contributed by atoms with van der Waals surface area (Å²) in [4.78, 5) is 11.6. The van der Waals surface area contributed by atoms with Crippen molar-refractivity contribution in [3.8, 4) is 0 Å². The Morgan fingerprint density at radius 3 is 2.14 bits per heavy atom. The van der Waals surface area contributed by atoms with Gasteiger partial charge in [-0.15, -0.1) is 0 Å². The van der Waals surface area contributed by atoms with E-state index in [1.165, 1.54) is 0 Å². The van der Waals surface area contributed by atoms with Crippen LogP contribution in [0.2, 0.25) is 0 Å². The number of esters is 1. The molecule has 82 valence electrons. The summed E-state index contributed by atoms with van der Waals surface area (Å²) in [6.45, 7) is 6.50. The summed E-state index contributed by atoms with van der Waals surface area (Å²) in [7, 11) is 0. The maximum Gasteiger partial charge on any atom is 0.334 e. The second kappa shape index (κ2) is 8.26. The van der Waals surface area contributed by atoms with Gasteiger partial charge in [0.05, 0.1) is 6.61 Å². The van der Waals surface area contributed by atoms with Crippen LogP contribution in [0.25, 0.3) is 0 Å². The Hall–Kier alpha value is -0.0600. The van der Waals surface area contributed by atoms with Crippen molar-refractivity contribution in [1.82, 2.24) is 0 Å². The predicted molar refractivity (Wildman–Crippen MR) is 67.5 cm³/mol. The molecule has 0 saturated carbocycles. The summed E-state index contributed by atoms with van der Waals surface area (Å²) in [5.41, 5.74) is 0.872. The van der Waals surface area contributed by atoms with E-state index in [1.807, 2.05) is 6.92 Å². The molecule has 0 bridgehead atoms. The van der Waals surface area contributed by atoms with Gasteiger partial charge in [0.1, 0.15) is 0 Å². The molecular weight excluding hydrogens is 291 g/mol. The fourth-order valence-corrected chi connectivity index (χ4v) is 2.22. The Labute approximate surface area is 100 Å². The monoisotopic (exact) mass is 310 g/mol. The van der Waals surface area contributed by atoms with E-state index in [9.17, 15) is 4.79 Å². The normalized spacial score (nSPS) is 12.3. The third-order valence-corrected chi connectivity index (χ3v) is 3.01. The maximum atomic E-state index is 11.6. The lowest BCUT2D eigenvalue weighted by molar-refractivity contribution is -0.138. The zero-order valence-corrected chi connectivity index (χ0v) is 11.4. The molecule has 0 fully saturated rings. The lowest BCUT2D eigenvalue weighted by Gasteiger charge is -2.08. The lowest BCUT2D eigenvalue weighted by Crippen LogP contribution is -2.09. The van der Waals surface area contributed by atoms with Gasteiger partial charge >= 0.3 is 5.97 Å². The molecule has 0 amide bonds. The SMILES string of the molecule is CCC/C(I)=C(\CCC)C(=O)OCC. The maximum absolute atomic E-state index is 11.6. The number of carbonyl (C=O) groups is 1. The zero-order valence-electron chi connectivity index (χ0n) is 9.23. The Balaban J connectivity index is 4.55.